The van der Waals surface area contributed by atoms with Crippen molar-refractivity contribution in [3.63, 3.8) is 0 Å². The van der Waals surface area contributed by atoms with Crippen molar-refractivity contribution in [1.82, 2.24) is 10.2 Å². The highest BCUT2D eigenvalue weighted by molar-refractivity contribution is 6.30. The molecule has 1 aromatic carbocycles. The maximum Gasteiger partial charge on any atom is 0.387 e. The Morgan fingerprint density at radius 3 is 2.85 bits per heavy atom. The number of ether oxygens (including phenoxy) is 1. The molecular weight excluding hydrogens is 309 g/mol. The van der Waals surface area contributed by atoms with Gasteiger partial charge >= 0.3 is 6.61 Å². The first-order valence-corrected chi connectivity index (χ1v) is 6.59. The topological polar surface area (TPSA) is 24.5 Å². The first-order chi connectivity index (χ1) is 9.08. The second-order valence-electron chi connectivity index (χ2n) is 4.64. The third-order valence-corrected chi connectivity index (χ3v) is 3.55. The molecule has 0 bridgehead atoms. The Balaban J connectivity index is 0.00000200. The predicted molar refractivity (Wildman–Crippen MR) is 78.1 cm³/mol. The standard InChI is InChI=1S/C13H17ClF2N2O.ClH/c1-17-11-4-5-18(8-11)7-9-6-10(14)2-3-12(9)19-13(15)16;/h2-3,6,11,13,17H,4-5,7-8H2,1H3;1H. The quantitative estimate of drug-likeness (QED) is 0.899. The lowest BCUT2D eigenvalue weighted by Crippen LogP contribution is -2.29. The molecule has 1 N–H and O–H groups in total. The largest absolute Gasteiger partial charge is 0.434 e. The summed E-state index contributed by atoms with van der Waals surface area (Å²) in [6.45, 7) is -0.409. The highest BCUT2D eigenvalue weighted by atomic mass is 35.5. The summed E-state index contributed by atoms with van der Waals surface area (Å²) >= 11 is 5.92. The molecule has 0 aromatic heterocycles. The van der Waals surface area contributed by atoms with Gasteiger partial charge in [-0.2, -0.15) is 8.78 Å². The minimum Gasteiger partial charge on any atom is -0.434 e. The van der Waals surface area contributed by atoms with Crippen molar-refractivity contribution in [2.75, 3.05) is 20.1 Å². The van der Waals surface area contributed by atoms with Gasteiger partial charge in [0.2, 0.25) is 0 Å². The fourth-order valence-corrected chi connectivity index (χ4v) is 2.53. The van der Waals surface area contributed by atoms with Crippen molar-refractivity contribution in [1.29, 1.82) is 0 Å². The first kappa shape index (κ1) is 17.4. The number of hydrogen-bond acceptors (Lipinski definition) is 3. The van der Waals surface area contributed by atoms with Gasteiger partial charge in [0, 0.05) is 36.3 Å². The Kier molecular flexibility index (Phi) is 6.95. The SMILES string of the molecule is CNC1CCN(Cc2cc(Cl)ccc2OC(F)F)C1.Cl. The van der Waals surface area contributed by atoms with Gasteiger partial charge in [-0.3, -0.25) is 4.90 Å². The Labute approximate surface area is 128 Å². The van der Waals surface area contributed by atoms with Crippen LogP contribution >= 0.6 is 24.0 Å². The van der Waals surface area contributed by atoms with E-state index in [1.54, 1.807) is 12.1 Å². The molecule has 0 amide bonds. The number of rotatable bonds is 5. The number of likely N-dealkylation sites (N-methyl/N-ethyl adjacent to an activating group) is 1. The average molecular weight is 327 g/mol. The predicted octanol–water partition coefficient (Wildman–Crippen LogP) is 3.16. The second kappa shape index (κ2) is 7.98. The van der Waals surface area contributed by atoms with Crippen molar-refractivity contribution in [3.05, 3.63) is 28.8 Å². The molecule has 1 fully saturated rings. The smallest absolute Gasteiger partial charge is 0.387 e. The summed E-state index contributed by atoms with van der Waals surface area (Å²) in [5.74, 6) is 0.201. The van der Waals surface area contributed by atoms with Crippen LogP contribution in [0.15, 0.2) is 18.2 Å². The zero-order valence-electron chi connectivity index (χ0n) is 11.1. The fraction of sp³-hybridized carbons (Fsp3) is 0.538. The molecule has 1 aliphatic heterocycles. The van der Waals surface area contributed by atoms with E-state index >= 15 is 0 Å². The summed E-state index contributed by atoms with van der Waals surface area (Å²) in [5.41, 5.74) is 0.699. The molecule has 1 atom stereocenters. The van der Waals surface area contributed by atoms with E-state index in [9.17, 15) is 8.78 Å². The van der Waals surface area contributed by atoms with E-state index in [1.807, 2.05) is 7.05 Å². The van der Waals surface area contributed by atoms with Crippen molar-refractivity contribution in [2.45, 2.75) is 25.6 Å². The van der Waals surface area contributed by atoms with Crippen LogP contribution in [-0.2, 0) is 6.54 Å². The molecule has 1 aliphatic rings. The summed E-state index contributed by atoms with van der Waals surface area (Å²) in [4.78, 5) is 2.20. The van der Waals surface area contributed by atoms with E-state index in [0.717, 1.165) is 19.5 Å². The molecule has 1 unspecified atom stereocenters. The van der Waals surface area contributed by atoms with Gasteiger partial charge in [0.15, 0.2) is 0 Å². The fourth-order valence-electron chi connectivity index (χ4n) is 2.34. The molecular formula is C13H18Cl2F2N2O. The van der Waals surface area contributed by atoms with Crippen molar-refractivity contribution in [2.24, 2.45) is 0 Å². The molecule has 7 heteroatoms. The summed E-state index contributed by atoms with van der Waals surface area (Å²) < 4.78 is 29.2. The highest BCUT2D eigenvalue weighted by Crippen LogP contribution is 2.27. The first-order valence-electron chi connectivity index (χ1n) is 6.21. The lowest BCUT2D eigenvalue weighted by atomic mass is 10.2. The van der Waals surface area contributed by atoms with Crippen LogP contribution in [0.4, 0.5) is 8.78 Å². The van der Waals surface area contributed by atoms with Crippen LogP contribution in [0.3, 0.4) is 0 Å². The maximum atomic E-state index is 12.4. The maximum absolute atomic E-state index is 12.4. The Morgan fingerprint density at radius 1 is 1.50 bits per heavy atom. The molecule has 3 nitrogen and oxygen atoms in total. The van der Waals surface area contributed by atoms with Gasteiger partial charge < -0.3 is 10.1 Å². The van der Waals surface area contributed by atoms with Crippen LogP contribution in [0.5, 0.6) is 5.75 Å². The van der Waals surface area contributed by atoms with E-state index in [0.29, 0.717) is 23.2 Å². The van der Waals surface area contributed by atoms with Gasteiger partial charge in [0.05, 0.1) is 0 Å². The minimum absolute atomic E-state index is 0. The number of alkyl halides is 2. The van der Waals surface area contributed by atoms with Gasteiger partial charge in [-0.05, 0) is 31.7 Å². The summed E-state index contributed by atoms with van der Waals surface area (Å²) in [6, 6.07) is 5.20. The molecule has 1 aromatic rings. The zero-order valence-corrected chi connectivity index (χ0v) is 12.7. The summed E-state index contributed by atoms with van der Waals surface area (Å²) in [5, 5.41) is 3.75. The van der Waals surface area contributed by atoms with Crippen molar-refractivity contribution >= 4 is 24.0 Å². The second-order valence-corrected chi connectivity index (χ2v) is 5.08. The summed E-state index contributed by atoms with van der Waals surface area (Å²) in [6.07, 6.45) is 1.06. The molecule has 114 valence electrons. The molecule has 0 radical (unpaired) electrons. The van der Waals surface area contributed by atoms with Gasteiger partial charge in [-0.15, -0.1) is 12.4 Å². The van der Waals surface area contributed by atoms with E-state index in [-0.39, 0.29) is 18.2 Å². The number of nitrogens with zero attached hydrogens (tertiary/aromatic N) is 1. The summed E-state index contributed by atoms with van der Waals surface area (Å²) in [7, 11) is 1.93. The number of benzene rings is 1. The Bertz CT molecular complexity index is 435. The molecule has 0 aliphatic carbocycles. The number of hydrogen-bond donors (Lipinski definition) is 1. The van der Waals surface area contributed by atoms with E-state index in [4.69, 9.17) is 11.6 Å². The molecule has 20 heavy (non-hydrogen) atoms. The van der Waals surface area contributed by atoms with Gasteiger partial charge in [-0.1, -0.05) is 11.6 Å². The third-order valence-electron chi connectivity index (χ3n) is 3.31. The van der Waals surface area contributed by atoms with Gasteiger partial charge in [0.1, 0.15) is 5.75 Å². The number of likely N-dealkylation sites (tertiary alicyclic amines) is 1. The molecule has 1 heterocycles. The normalized spacial score (nSPS) is 19.1. The number of nitrogens with one attached hydrogen (secondary N) is 1. The average Bonchev–Trinajstić information content (AvgIpc) is 2.80. The third kappa shape index (κ3) is 4.74. The van der Waals surface area contributed by atoms with Crippen LogP contribution < -0.4 is 10.1 Å². The highest BCUT2D eigenvalue weighted by Gasteiger charge is 2.22. The Morgan fingerprint density at radius 2 is 2.25 bits per heavy atom. The van der Waals surface area contributed by atoms with E-state index in [2.05, 4.69) is 15.0 Å². The lowest BCUT2D eigenvalue weighted by Gasteiger charge is -2.18. The monoisotopic (exact) mass is 326 g/mol. The Hall–Kier alpha value is -0.620. The molecule has 1 saturated heterocycles. The molecule has 0 saturated carbocycles. The molecule has 2 rings (SSSR count). The van der Waals surface area contributed by atoms with Gasteiger partial charge in [-0.25, -0.2) is 0 Å². The van der Waals surface area contributed by atoms with E-state index in [1.165, 1.54) is 6.07 Å². The minimum atomic E-state index is -2.82. The van der Waals surface area contributed by atoms with Gasteiger partial charge in [0.25, 0.3) is 0 Å². The van der Waals surface area contributed by atoms with E-state index < -0.39 is 6.61 Å². The van der Waals surface area contributed by atoms with Crippen LogP contribution in [0, 0.1) is 0 Å². The number of halogens is 4. The lowest BCUT2D eigenvalue weighted by molar-refractivity contribution is -0.0507. The van der Waals surface area contributed by atoms with Crippen molar-refractivity contribution in [3.8, 4) is 5.75 Å². The van der Waals surface area contributed by atoms with Crippen molar-refractivity contribution < 1.29 is 13.5 Å². The van der Waals surface area contributed by atoms with Crippen LogP contribution in [-0.4, -0.2) is 37.7 Å². The van der Waals surface area contributed by atoms with Crippen LogP contribution in [0.1, 0.15) is 12.0 Å². The zero-order chi connectivity index (χ0) is 13.8. The van der Waals surface area contributed by atoms with Crippen LogP contribution in [0.2, 0.25) is 5.02 Å². The van der Waals surface area contributed by atoms with Crippen LogP contribution in [0.25, 0.3) is 0 Å². The molecule has 0 spiro atoms.